The predicted molar refractivity (Wildman–Crippen MR) is 68.2 cm³/mol. The van der Waals surface area contributed by atoms with Crippen LogP contribution in [0.3, 0.4) is 0 Å². The molecule has 1 heterocycles. The predicted octanol–water partition coefficient (Wildman–Crippen LogP) is 3.47. The molecule has 0 bridgehead atoms. The summed E-state index contributed by atoms with van der Waals surface area (Å²) < 4.78 is 11.0. The van der Waals surface area contributed by atoms with Gasteiger partial charge < -0.3 is 14.3 Å². The summed E-state index contributed by atoms with van der Waals surface area (Å²) in [6.07, 6.45) is 0. The van der Waals surface area contributed by atoms with Gasteiger partial charge in [-0.3, -0.25) is 0 Å². The number of carboxylic acids is 1. The summed E-state index contributed by atoms with van der Waals surface area (Å²) in [5, 5.41) is 9.79. The first kappa shape index (κ1) is 12.5. The highest BCUT2D eigenvalue weighted by Gasteiger charge is 2.19. The number of hydrogen-bond donors (Lipinski definition) is 1. The van der Waals surface area contributed by atoms with E-state index >= 15 is 0 Å². The second-order valence-electron chi connectivity index (χ2n) is 4.70. The van der Waals surface area contributed by atoms with E-state index in [1.54, 1.807) is 19.1 Å². The van der Waals surface area contributed by atoms with Crippen molar-refractivity contribution >= 4 is 16.9 Å². The van der Waals surface area contributed by atoms with Gasteiger partial charge in [-0.05, 0) is 25.0 Å². The van der Waals surface area contributed by atoms with E-state index in [1.807, 2.05) is 6.07 Å². The van der Waals surface area contributed by atoms with Crippen LogP contribution in [0.2, 0.25) is 0 Å². The number of furan rings is 1. The van der Waals surface area contributed by atoms with Crippen molar-refractivity contribution in [3.8, 4) is 5.75 Å². The van der Waals surface area contributed by atoms with Gasteiger partial charge in [-0.1, -0.05) is 19.9 Å². The SMILES string of the molecule is Cc1c(C(=O)O)oc2cccc(OCC(C)C)c12. The van der Waals surface area contributed by atoms with Crippen molar-refractivity contribution in [1.29, 1.82) is 0 Å². The van der Waals surface area contributed by atoms with Crippen molar-refractivity contribution in [1.82, 2.24) is 0 Å². The van der Waals surface area contributed by atoms with Crippen molar-refractivity contribution in [2.75, 3.05) is 6.61 Å². The summed E-state index contributed by atoms with van der Waals surface area (Å²) in [5.41, 5.74) is 1.16. The Morgan fingerprint density at radius 2 is 2.17 bits per heavy atom. The van der Waals surface area contributed by atoms with Crippen LogP contribution in [0.15, 0.2) is 22.6 Å². The molecule has 0 saturated carbocycles. The number of fused-ring (bicyclic) bond motifs is 1. The zero-order chi connectivity index (χ0) is 13.3. The lowest BCUT2D eigenvalue weighted by Crippen LogP contribution is -2.04. The van der Waals surface area contributed by atoms with Gasteiger partial charge in [0.2, 0.25) is 5.76 Å². The largest absolute Gasteiger partial charge is 0.493 e. The number of hydrogen-bond acceptors (Lipinski definition) is 3. The molecule has 2 rings (SSSR count). The van der Waals surface area contributed by atoms with E-state index in [0.717, 1.165) is 5.39 Å². The fourth-order valence-corrected chi connectivity index (χ4v) is 1.85. The third-order valence-electron chi connectivity index (χ3n) is 2.68. The summed E-state index contributed by atoms with van der Waals surface area (Å²) in [7, 11) is 0. The topological polar surface area (TPSA) is 59.7 Å². The number of rotatable bonds is 4. The molecule has 96 valence electrons. The van der Waals surface area contributed by atoms with Gasteiger partial charge in [0.15, 0.2) is 0 Å². The van der Waals surface area contributed by atoms with Crippen molar-refractivity contribution in [2.45, 2.75) is 20.8 Å². The molecule has 2 aromatic rings. The molecule has 0 aliphatic rings. The van der Waals surface area contributed by atoms with E-state index in [0.29, 0.717) is 29.4 Å². The maximum Gasteiger partial charge on any atom is 0.372 e. The molecule has 0 radical (unpaired) electrons. The van der Waals surface area contributed by atoms with Gasteiger partial charge >= 0.3 is 5.97 Å². The first-order valence-corrected chi connectivity index (χ1v) is 5.89. The number of benzene rings is 1. The van der Waals surface area contributed by atoms with Crippen LogP contribution in [0.5, 0.6) is 5.75 Å². The minimum atomic E-state index is -1.06. The van der Waals surface area contributed by atoms with E-state index < -0.39 is 5.97 Å². The molecular weight excluding hydrogens is 232 g/mol. The minimum absolute atomic E-state index is 0.0226. The minimum Gasteiger partial charge on any atom is -0.493 e. The molecule has 0 atom stereocenters. The van der Waals surface area contributed by atoms with Crippen LogP contribution in [-0.2, 0) is 0 Å². The average molecular weight is 248 g/mol. The maximum atomic E-state index is 11.0. The zero-order valence-electron chi connectivity index (χ0n) is 10.7. The van der Waals surface area contributed by atoms with E-state index in [1.165, 1.54) is 0 Å². The number of ether oxygens (including phenoxy) is 1. The Hall–Kier alpha value is -1.97. The summed E-state index contributed by atoms with van der Waals surface area (Å²) in [4.78, 5) is 11.0. The van der Waals surface area contributed by atoms with Crippen LogP contribution in [0.1, 0.15) is 30.0 Å². The molecule has 0 unspecified atom stereocenters. The molecule has 1 aromatic carbocycles. The van der Waals surface area contributed by atoms with E-state index in [9.17, 15) is 4.79 Å². The highest BCUT2D eigenvalue weighted by Crippen LogP contribution is 2.33. The molecule has 0 saturated heterocycles. The van der Waals surface area contributed by atoms with Gasteiger partial charge in [-0.15, -0.1) is 0 Å². The summed E-state index contributed by atoms with van der Waals surface area (Å²) >= 11 is 0. The van der Waals surface area contributed by atoms with Gasteiger partial charge in [-0.2, -0.15) is 0 Å². The van der Waals surface area contributed by atoms with Crippen molar-refractivity contribution < 1.29 is 19.1 Å². The van der Waals surface area contributed by atoms with Gasteiger partial charge in [-0.25, -0.2) is 4.79 Å². The molecule has 0 aliphatic heterocycles. The first-order valence-electron chi connectivity index (χ1n) is 5.89. The lowest BCUT2D eigenvalue weighted by atomic mass is 10.1. The van der Waals surface area contributed by atoms with Crippen molar-refractivity contribution in [3.63, 3.8) is 0 Å². The van der Waals surface area contributed by atoms with Gasteiger partial charge in [0.1, 0.15) is 11.3 Å². The van der Waals surface area contributed by atoms with Crippen LogP contribution in [-0.4, -0.2) is 17.7 Å². The van der Waals surface area contributed by atoms with Gasteiger partial charge in [0, 0.05) is 5.56 Å². The molecule has 0 fully saturated rings. The fourth-order valence-electron chi connectivity index (χ4n) is 1.85. The Bertz CT molecular complexity index is 581. The molecular formula is C14H16O4. The van der Waals surface area contributed by atoms with Crippen LogP contribution in [0.25, 0.3) is 11.0 Å². The standard InChI is InChI=1S/C14H16O4/c1-8(2)7-17-10-5-4-6-11-12(10)9(3)13(18-11)14(15)16/h4-6,8H,7H2,1-3H3,(H,15,16). The molecule has 4 nitrogen and oxygen atoms in total. The molecule has 1 N–H and O–H groups in total. The normalized spacial score (nSPS) is 11.1. The average Bonchev–Trinajstić information content (AvgIpc) is 2.65. The Labute approximate surface area is 105 Å². The van der Waals surface area contributed by atoms with Crippen molar-refractivity contribution in [3.05, 3.63) is 29.5 Å². The number of carboxylic acid groups (broad SMARTS) is 1. The van der Waals surface area contributed by atoms with Crippen LogP contribution in [0.4, 0.5) is 0 Å². The number of carbonyl (C=O) groups is 1. The summed E-state index contributed by atoms with van der Waals surface area (Å²) in [5.74, 6) is 0.00506. The molecule has 0 aliphatic carbocycles. The van der Waals surface area contributed by atoms with Crippen LogP contribution < -0.4 is 4.74 Å². The first-order chi connectivity index (χ1) is 8.50. The second-order valence-corrected chi connectivity index (χ2v) is 4.70. The molecule has 0 spiro atoms. The Morgan fingerprint density at radius 3 is 2.78 bits per heavy atom. The third-order valence-corrected chi connectivity index (χ3v) is 2.68. The Kier molecular flexibility index (Phi) is 3.28. The number of aryl methyl sites for hydroxylation is 1. The maximum absolute atomic E-state index is 11.0. The third kappa shape index (κ3) is 2.18. The van der Waals surface area contributed by atoms with Gasteiger partial charge in [0.05, 0.1) is 12.0 Å². The molecule has 0 amide bonds. The van der Waals surface area contributed by atoms with Crippen LogP contribution in [0, 0.1) is 12.8 Å². The van der Waals surface area contributed by atoms with Gasteiger partial charge in [0.25, 0.3) is 0 Å². The quantitative estimate of drug-likeness (QED) is 0.899. The Balaban J connectivity index is 2.51. The zero-order valence-corrected chi connectivity index (χ0v) is 10.7. The Morgan fingerprint density at radius 1 is 1.44 bits per heavy atom. The van der Waals surface area contributed by atoms with Crippen LogP contribution >= 0.6 is 0 Å². The molecule has 4 heteroatoms. The number of aromatic carboxylic acids is 1. The lowest BCUT2D eigenvalue weighted by Gasteiger charge is -2.09. The highest BCUT2D eigenvalue weighted by atomic mass is 16.5. The monoisotopic (exact) mass is 248 g/mol. The highest BCUT2D eigenvalue weighted by molar-refractivity contribution is 5.97. The molecule has 18 heavy (non-hydrogen) atoms. The van der Waals surface area contributed by atoms with E-state index in [-0.39, 0.29) is 5.76 Å². The summed E-state index contributed by atoms with van der Waals surface area (Å²) in [6.45, 7) is 6.44. The summed E-state index contributed by atoms with van der Waals surface area (Å²) in [6, 6.07) is 5.38. The smallest absolute Gasteiger partial charge is 0.372 e. The van der Waals surface area contributed by atoms with E-state index in [2.05, 4.69) is 13.8 Å². The molecule has 1 aromatic heterocycles. The van der Waals surface area contributed by atoms with Crippen molar-refractivity contribution in [2.24, 2.45) is 5.92 Å². The fraction of sp³-hybridized carbons (Fsp3) is 0.357. The second kappa shape index (κ2) is 4.72. The lowest BCUT2D eigenvalue weighted by molar-refractivity contribution is 0.0664. The van der Waals surface area contributed by atoms with E-state index in [4.69, 9.17) is 14.3 Å².